The third kappa shape index (κ3) is 3.01. The maximum absolute atomic E-state index is 12.3. The van der Waals surface area contributed by atoms with Crippen LogP contribution in [0.15, 0.2) is 29.2 Å². The molecular formula is C14H18ClNOS. The Labute approximate surface area is 118 Å². The summed E-state index contributed by atoms with van der Waals surface area (Å²) in [6, 6.07) is 7.77. The summed E-state index contributed by atoms with van der Waals surface area (Å²) in [5, 5.41) is 0.0770. The van der Waals surface area contributed by atoms with Gasteiger partial charge in [0, 0.05) is 23.5 Å². The Morgan fingerprint density at radius 3 is 2.61 bits per heavy atom. The summed E-state index contributed by atoms with van der Waals surface area (Å²) >= 11 is 7.92. The Hall–Kier alpha value is -0.670. The van der Waals surface area contributed by atoms with Crippen LogP contribution in [-0.4, -0.2) is 35.5 Å². The number of hydrogen-bond acceptors (Lipinski definition) is 2. The van der Waals surface area contributed by atoms with Gasteiger partial charge in [-0.2, -0.15) is 0 Å². The number of benzene rings is 1. The smallest absolute Gasteiger partial charge is 0.253 e. The third-order valence-electron chi connectivity index (χ3n) is 3.49. The number of piperidine rings is 1. The van der Waals surface area contributed by atoms with Gasteiger partial charge in [-0.05, 0) is 42.9 Å². The standard InChI is InChI=1S/C14H18ClNOS/c1-10-7-8-16(9-13(10)15)14(17)11-3-5-12(18-2)6-4-11/h3-6,10,13H,7-9H2,1-2H3. The van der Waals surface area contributed by atoms with Crippen molar-refractivity contribution in [3.8, 4) is 0 Å². The molecule has 1 aromatic rings. The molecule has 2 unspecified atom stereocenters. The molecule has 0 radical (unpaired) electrons. The first-order valence-electron chi connectivity index (χ1n) is 6.19. The SMILES string of the molecule is CSc1ccc(C(=O)N2CCC(C)C(Cl)C2)cc1. The molecule has 1 aromatic carbocycles. The second kappa shape index (κ2) is 5.98. The highest BCUT2D eigenvalue weighted by atomic mass is 35.5. The van der Waals surface area contributed by atoms with Crippen LogP contribution in [0.3, 0.4) is 0 Å². The quantitative estimate of drug-likeness (QED) is 0.612. The minimum atomic E-state index is 0.0770. The number of alkyl halides is 1. The van der Waals surface area contributed by atoms with Gasteiger partial charge in [-0.3, -0.25) is 4.79 Å². The van der Waals surface area contributed by atoms with E-state index < -0.39 is 0 Å². The van der Waals surface area contributed by atoms with E-state index in [9.17, 15) is 4.79 Å². The summed E-state index contributed by atoms with van der Waals surface area (Å²) < 4.78 is 0. The molecule has 1 amide bonds. The van der Waals surface area contributed by atoms with E-state index in [4.69, 9.17) is 11.6 Å². The fraction of sp³-hybridized carbons (Fsp3) is 0.500. The molecule has 1 aliphatic rings. The Morgan fingerprint density at radius 2 is 2.06 bits per heavy atom. The fourth-order valence-corrected chi connectivity index (χ4v) is 2.82. The van der Waals surface area contributed by atoms with E-state index >= 15 is 0 Å². The van der Waals surface area contributed by atoms with Gasteiger partial charge in [0.15, 0.2) is 0 Å². The van der Waals surface area contributed by atoms with Crippen molar-refractivity contribution in [3.63, 3.8) is 0 Å². The van der Waals surface area contributed by atoms with Crippen LogP contribution in [0.5, 0.6) is 0 Å². The zero-order chi connectivity index (χ0) is 13.1. The maximum Gasteiger partial charge on any atom is 0.253 e. The first-order valence-corrected chi connectivity index (χ1v) is 7.85. The van der Waals surface area contributed by atoms with E-state index in [0.29, 0.717) is 12.5 Å². The highest BCUT2D eigenvalue weighted by Crippen LogP contribution is 2.23. The number of carbonyl (C=O) groups excluding carboxylic acids is 1. The number of hydrogen-bond donors (Lipinski definition) is 0. The van der Waals surface area contributed by atoms with Crippen molar-refractivity contribution in [2.75, 3.05) is 19.3 Å². The Kier molecular flexibility index (Phi) is 4.57. The Bertz CT molecular complexity index is 420. The molecule has 98 valence electrons. The van der Waals surface area contributed by atoms with Gasteiger partial charge in [0.25, 0.3) is 5.91 Å². The average Bonchev–Trinajstić information content (AvgIpc) is 2.41. The molecule has 1 aliphatic heterocycles. The van der Waals surface area contributed by atoms with Gasteiger partial charge in [0.1, 0.15) is 0 Å². The van der Waals surface area contributed by atoms with Gasteiger partial charge < -0.3 is 4.90 Å². The number of carbonyl (C=O) groups is 1. The number of likely N-dealkylation sites (tertiary alicyclic amines) is 1. The fourth-order valence-electron chi connectivity index (χ4n) is 2.12. The second-order valence-electron chi connectivity index (χ2n) is 4.76. The molecule has 0 aliphatic carbocycles. The highest BCUT2D eigenvalue weighted by Gasteiger charge is 2.27. The summed E-state index contributed by atoms with van der Waals surface area (Å²) in [5.74, 6) is 0.592. The molecule has 2 atom stereocenters. The normalized spacial score (nSPS) is 24.1. The van der Waals surface area contributed by atoms with Gasteiger partial charge in [0.05, 0.1) is 5.38 Å². The molecule has 2 nitrogen and oxygen atoms in total. The van der Waals surface area contributed by atoms with Gasteiger partial charge in [-0.25, -0.2) is 0 Å². The summed E-state index contributed by atoms with van der Waals surface area (Å²) in [7, 11) is 0. The molecule has 4 heteroatoms. The van der Waals surface area contributed by atoms with Gasteiger partial charge in [-0.1, -0.05) is 6.92 Å². The van der Waals surface area contributed by atoms with Crippen LogP contribution in [0.1, 0.15) is 23.7 Å². The molecule has 0 N–H and O–H groups in total. The largest absolute Gasteiger partial charge is 0.337 e. The van der Waals surface area contributed by atoms with Crippen molar-refractivity contribution >= 4 is 29.3 Å². The van der Waals surface area contributed by atoms with E-state index in [1.807, 2.05) is 35.4 Å². The molecule has 0 bridgehead atoms. The lowest BCUT2D eigenvalue weighted by Crippen LogP contribution is -2.43. The van der Waals surface area contributed by atoms with E-state index in [2.05, 4.69) is 6.92 Å². The van der Waals surface area contributed by atoms with E-state index in [1.165, 1.54) is 4.90 Å². The predicted octanol–water partition coefficient (Wildman–Crippen LogP) is 3.50. The van der Waals surface area contributed by atoms with Crippen LogP contribution < -0.4 is 0 Å². The summed E-state index contributed by atoms with van der Waals surface area (Å²) in [4.78, 5) is 15.4. The summed E-state index contributed by atoms with van der Waals surface area (Å²) in [6.07, 6.45) is 3.02. The van der Waals surface area contributed by atoms with Gasteiger partial charge in [-0.15, -0.1) is 23.4 Å². The maximum atomic E-state index is 12.3. The first kappa shape index (κ1) is 13.8. The number of halogens is 1. The van der Waals surface area contributed by atoms with Crippen LogP contribution in [0.4, 0.5) is 0 Å². The van der Waals surface area contributed by atoms with Crippen LogP contribution in [0, 0.1) is 5.92 Å². The van der Waals surface area contributed by atoms with Gasteiger partial charge >= 0.3 is 0 Å². The molecule has 0 aromatic heterocycles. The minimum Gasteiger partial charge on any atom is -0.337 e. The van der Waals surface area contributed by atoms with Crippen molar-refractivity contribution < 1.29 is 4.79 Å². The molecule has 2 rings (SSSR count). The molecule has 1 heterocycles. The lowest BCUT2D eigenvalue weighted by molar-refractivity contribution is 0.0701. The van der Waals surface area contributed by atoms with Crippen LogP contribution in [0.2, 0.25) is 0 Å². The average molecular weight is 284 g/mol. The Morgan fingerprint density at radius 1 is 1.39 bits per heavy atom. The molecule has 0 saturated carbocycles. The van der Waals surface area contributed by atoms with Crippen molar-refractivity contribution in [1.29, 1.82) is 0 Å². The third-order valence-corrected chi connectivity index (χ3v) is 4.80. The van der Waals surface area contributed by atoms with Crippen molar-refractivity contribution in [2.24, 2.45) is 5.92 Å². The van der Waals surface area contributed by atoms with Crippen molar-refractivity contribution in [1.82, 2.24) is 4.90 Å². The van der Waals surface area contributed by atoms with E-state index in [0.717, 1.165) is 18.5 Å². The number of rotatable bonds is 2. The van der Waals surface area contributed by atoms with E-state index in [-0.39, 0.29) is 11.3 Å². The van der Waals surface area contributed by atoms with Crippen LogP contribution >= 0.6 is 23.4 Å². The molecule has 18 heavy (non-hydrogen) atoms. The second-order valence-corrected chi connectivity index (χ2v) is 6.20. The number of amides is 1. The summed E-state index contributed by atoms with van der Waals surface area (Å²) in [6.45, 7) is 3.62. The minimum absolute atomic E-state index is 0.0770. The molecule has 1 saturated heterocycles. The summed E-state index contributed by atoms with van der Waals surface area (Å²) in [5.41, 5.74) is 0.756. The first-order chi connectivity index (χ1) is 8.61. The lowest BCUT2D eigenvalue weighted by atomic mass is 9.98. The van der Waals surface area contributed by atoms with Crippen LogP contribution in [0.25, 0.3) is 0 Å². The van der Waals surface area contributed by atoms with Crippen molar-refractivity contribution in [2.45, 2.75) is 23.6 Å². The van der Waals surface area contributed by atoms with Gasteiger partial charge in [0.2, 0.25) is 0 Å². The highest BCUT2D eigenvalue weighted by molar-refractivity contribution is 7.98. The molecule has 1 fully saturated rings. The monoisotopic (exact) mass is 283 g/mol. The molecular weight excluding hydrogens is 266 g/mol. The topological polar surface area (TPSA) is 20.3 Å². The lowest BCUT2D eigenvalue weighted by Gasteiger charge is -2.34. The number of thioether (sulfide) groups is 1. The van der Waals surface area contributed by atoms with E-state index in [1.54, 1.807) is 11.8 Å². The zero-order valence-corrected chi connectivity index (χ0v) is 12.3. The zero-order valence-electron chi connectivity index (χ0n) is 10.7. The van der Waals surface area contributed by atoms with Crippen molar-refractivity contribution in [3.05, 3.63) is 29.8 Å². The van der Waals surface area contributed by atoms with Crippen LogP contribution in [-0.2, 0) is 0 Å². The molecule has 0 spiro atoms. The number of nitrogens with zero attached hydrogens (tertiary/aromatic N) is 1. The Balaban J connectivity index is 2.06. The predicted molar refractivity (Wildman–Crippen MR) is 77.5 cm³/mol.